The van der Waals surface area contributed by atoms with Crippen molar-refractivity contribution in [2.45, 2.75) is 33.2 Å². The van der Waals surface area contributed by atoms with E-state index in [1.54, 1.807) is 0 Å². The van der Waals surface area contributed by atoms with Gasteiger partial charge in [0.15, 0.2) is 0 Å². The number of piperidine rings is 1. The number of aryl methyl sites for hydroxylation is 1. The van der Waals surface area contributed by atoms with Crippen molar-refractivity contribution in [2.24, 2.45) is 12.5 Å². The Morgan fingerprint density at radius 2 is 2.11 bits per heavy atom. The zero-order chi connectivity index (χ0) is 13.2. The number of amides is 1. The molecule has 0 aliphatic carbocycles. The van der Waals surface area contributed by atoms with Crippen LogP contribution in [0.25, 0.3) is 0 Å². The van der Waals surface area contributed by atoms with Crippen LogP contribution in [-0.2, 0) is 18.4 Å². The van der Waals surface area contributed by atoms with Crippen LogP contribution in [0, 0.1) is 12.3 Å². The van der Waals surface area contributed by atoms with Gasteiger partial charge in [-0.3, -0.25) is 4.79 Å². The van der Waals surface area contributed by atoms with E-state index in [4.69, 9.17) is 0 Å². The lowest BCUT2D eigenvalue weighted by atomic mass is 9.80. The second-order valence-electron chi connectivity index (χ2n) is 5.52. The Labute approximate surface area is 109 Å². The monoisotopic (exact) mass is 249 g/mol. The van der Waals surface area contributed by atoms with Crippen LogP contribution in [0.1, 0.15) is 31.2 Å². The van der Waals surface area contributed by atoms with Crippen LogP contribution in [-0.4, -0.2) is 23.6 Å². The van der Waals surface area contributed by atoms with Crippen molar-refractivity contribution in [2.75, 3.05) is 13.1 Å². The zero-order valence-electron chi connectivity index (χ0n) is 11.5. The number of hydrogen-bond acceptors (Lipinski definition) is 2. The standard InChI is InChI=1S/C14H23N3O/c1-11-4-5-12(17(11)3)10-16-13(18)14(2)6-8-15-9-7-14/h4-5,15H,6-10H2,1-3H3,(H,16,18). The molecule has 100 valence electrons. The molecule has 1 aliphatic rings. The van der Waals surface area contributed by atoms with Crippen molar-refractivity contribution in [1.29, 1.82) is 0 Å². The lowest BCUT2D eigenvalue weighted by molar-refractivity contribution is -0.131. The van der Waals surface area contributed by atoms with Gasteiger partial charge in [0.1, 0.15) is 0 Å². The molecule has 2 rings (SSSR count). The predicted octanol–water partition coefficient (Wildman–Crippen LogP) is 1.34. The summed E-state index contributed by atoms with van der Waals surface area (Å²) in [6.45, 7) is 6.63. The van der Waals surface area contributed by atoms with E-state index in [2.05, 4.69) is 41.2 Å². The van der Waals surface area contributed by atoms with E-state index in [-0.39, 0.29) is 11.3 Å². The van der Waals surface area contributed by atoms with Gasteiger partial charge in [-0.2, -0.15) is 0 Å². The SMILES string of the molecule is Cc1ccc(CNC(=O)C2(C)CCNCC2)n1C. The molecule has 0 radical (unpaired) electrons. The second-order valence-corrected chi connectivity index (χ2v) is 5.52. The Bertz CT molecular complexity index is 430. The minimum Gasteiger partial charge on any atom is -0.350 e. The fourth-order valence-corrected chi connectivity index (χ4v) is 2.43. The summed E-state index contributed by atoms with van der Waals surface area (Å²) in [7, 11) is 2.03. The Hall–Kier alpha value is -1.29. The van der Waals surface area contributed by atoms with E-state index in [1.165, 1.54) is 5.69 Å². The van der Waals surface area contributed by atoms with Crippen LogP contribution >= 0.6 is 0 Å². The lowest BCUT2D eigenvalue weighted by Crippen LogP contribution is -2.45. The van der Waals surface area contributed by atoms with E-state index in [0.717, 1.165) is 31.6 Å². The van der Waals surface area contributed by atoms with E-state index in [0.29, 0.717) is 6.54 Å². The van der Waals surface area contributed by atoms with Gasteiger partial charge >= 0.3 is 0 Å². The number of carbonyl (C=O) groups excluding carboxylic acids is 1. The van der Waals surface area contributed by atoms with E-state index < -0.39 is 0 Å². The summed E-state index contributed by atoms with van der Waals surface area (Å²) in [5, 5.41) is 6.37. The fourth-order valence-electron chi connectivity index (χ4n) is 2.43. The van der Waals surface area contributed by atoms with Crippen LogP contribution in [0.5, 0.6) is 0 Å². The van der Waals surface area contributed by atoms with Crippen molar-refractivity contribution in [3.05, 3.63) is 23.5 Å². The molecule has 4 heteroatoms. The summed E-state index contributed by atoms with van der Waals surface area (Å²) in [6, 6.07) is 4.15. The topological polar surface area (TPSA) is 46.1 Å². The van der Waals surface area contributed by atoms with Gasteiger partial charge in [-0.15, -0.1) is 0 Å². The maximum Gasteiger partial charge on any atom is 0.226 e. The molecule has 0 spiro atoms. The molecular weight excluding hydrogens is 226 g/mol. The van der Waals surface area contributed by atoms with Crippen molar-refractivity contribution < 1.29 is 4.79 Å². The largest absolute Gasteiger partial charge is 0.350 e. The summed E-state index contributed by atoms with van der Waals surface area (Å²) in [4.78, 5) is 12.3. The highest BCUT2D eigenvalue weighted by Gasteiger charge is 2.34. The fraction of sp³-hybridized carbons (Fsp3) is 0.643. The first-order valence-electron chi connectivity index (χ1n) is 6.63. The lowest BCUT2D eigenvalue weighted by Gasteiger charge is -2.32. The summed E-state index contributed by atoms with van der Waals surface area (Å²) < 4.78 is 2.12. The number of hydrogen-bond donors (Lipinski definition) is 2. The van der Waals surface area contributed by atoms with E-state index in [1.807, 2.05) is 7.05 Å². The molecular formula is C14H23N3O. The van der Waals surface area contributed by atoms with Gasteiger partial charge in [-0.05, 0) is 45.0 Å². The highest BCUT2D eigenvalue weighted by atomic mass is 16.2. The van der Waals surface area contributed by atoms with Gasteiger partial charge in [0.05, 0.1) is 6.54 Å². The molecule has 1 aromatic heterocycles. The maximum atomic E-state index is 12.3. The summed E-state index contributed by atoms with van der Waals surface area (Å²) >= 11 is 0. The van der Waals surface area contributed by atoms with Crippen molar-refractivity contribution >= 4 is 5.91 Å². The molecule has 2 N–H and O–H groups in total. The van der Waals surface area contributed by atoms with Crippen molar-refractivity contribution in [1.82, 2.24) is 15.2 Å². The minimum absolute atomic E-state index is 0.183. The predicted molar refractivity (Wildman–Crippen MR) is 72.2 cm³/mol. The highest BCUT2D eigenvalue weighted by Crippen LogP contribution is 2.28. The smallest absolute Gasteiger partial charge is 0.226 e. The molecule has 4 nitrogen and oxygen atoms in total. The first-order valence-corrected chi connectivity index (χ1v) is 6.63. The third-order valence-electron chi connectivity index (χ3n) is 4.16. The van der Waals surface area contributed by atoms with Crippen LogP contribution in [0.3, 0.4) is 0 Å². The van der Waals surface area contributed by atoms with Gasteiger partial charge in [0.25, 0.3) is 0 Å². The van der Waals surface area contributed by atoms with Crippen molar-refractivity contribution in [3.63, 3.8) is 0 Å². The first kappa shape index (κ1) is 13.1. The van der Waals surface area contributed by atoms with E-state index >= 15 is 0 Å². The molecule has 0 aromatic carbocycles. The average molecular weight is 249 g/mol. The van der Waals surface area contributed by atoms with Gasteiger partial charge in [0.2, 0.25) is 5.91 Å². The molecule has 2 heterocycles. The minimum atomic E-state index is -0.203. The molecule has 1 aliphatic heterocycles. The molecule has 18 heavy (non-hydrogen) atoms. The first-order chi connectivity index (χ1) is 8.53. The Balaban J connectivity index is 1.93. The van der Waals surface area contributed by atoms with Crippen LogP contribution in [0.15, 0.2) is 12.1 Å². The van der Waals surface area contributed by atoms with Gasteiger partial charge in [-0.25, -0.2) is 0 Å². The van der Waals surface area contributed by atoms with Crippen LogP contribution in [0.2, 0.25) is 0 Å². The Morgan fingerprint density at radius 3 is 2.67 bits per heavy atom. The molecule has 0 bridgehead atoms. The molecule has 0 saturated carbocycles. The molecule has 0 atom stereocenters. The second kappa shape index (κ2) is 5.14. The summed E-state index contributed by atoms with van der Waals surface area (Å²) in [5.74, 6) is 0.183. The zero-order valence-corrected chi connectivity index (χ0v) is 11.5. The van der Waals surface area contributed by atoms with Gasteiger partial charge < -0.3 is 15.2 Å². The number of nitrogens with one attached hydrogen (secondary N) is 2. The Morgan fingerprint density at radius 1 is 1.44 bits per heavy atom. The number of aromatic nitrogens is 1. The van der Waals surface area contributed by atoms with E-state index in [9.17, 15) is 4.79 Å². The third-order valence-corrected chi connectivity index (χ3v) is 4.16. The normalized spacial score (nSPS) is 18.6. The molecule has 1 saturated heterocycles. The van der Waals surface area contributed by atoms with Gasteiger partial charge in [-0.1, -0.05) is 6.92 Å². The van der Waals surface area contributed by atoms with Crippen LogP contribution in [0.4, 0.5) is 0 Å². The Kier molecular flexibility index (Phi) is 3.76. The summed E-state index contributed by atoms with van der Waals surface area (Å²) in [6.07, 6.45) is 1.84. The summed E-state index contributed by atoms with van der Waals surface area (Å²) in [5.41, 5.74) is 2.16. The van der Waals surface area contributed by atoms with Crippen molar-refractivity contribution in [3.8, 4) is 0 Å². The molecule has 1 fully saturated rings. The maximum absolute atomic E-state index is 12.3. The average Bonchev–Trinajstić information content (AvgIpc) is 2.68. The highest BCUT2D eigenvalue weighted by molar-refractivity contribution is 5.82. The molecule has 1 amide bonds. The van der Waals surface area contributed by atoms with Gasteiger partial charge in [0, 0.05) is 23.9 Å². The number of carbonyl (C=O) groups is 1. The quantitative estimate of drug-likeness (QED) is 0.849. The van der Waals surface area contributed by atoms with Crippen LogP contribution < -0.4 is 10.6 Å². The molecule has 0 unspecified atom stereocenters. The number of rotatable bonds is 3. The third kappa shape index (κ3) is 2.58. The molecule has 1 aromatic rings. The number of nitrogens with zero attached hydrogens (tertiary/aromatic N) is 1.